The van der Waals surface area contributed by atoms with Crippen LogP contribution < -0.4 is 5.32 Å². The fourth-order valence-electron chi connectivity index (χ4n) is 7.24. The molecule has 0 aliphatic carbocycles. The summed E-state index contributed by atoms with van der Waals surface area (Å²) < 4.78 is 8.62. The molecule has 1 aliphatic heterocycles. The lowest BCUT2D eigenvalue weighted by Gasteiger charge is -2.24. The molecule has 2 aromatic heterocycles. The van der Waals surface area contributed by atoms with Crippen molar-refractivity contribution < 1.29 is 4.42 Å². The quantitative estimate of drug-likeness (QED) is 0.203. The average Bonchev–Trinajstić information content (AvgIpc) is 3.72. The summed E-state index contributed by atoms with van der Waals surface area (Å²) in [5, 5.41) is 8.20. The molecule has 50 heavy (non-hydrogen) atoms. The SMILES string of the molecule is c1ccc(C2=NC(c3ccc(-n4c5ccccc5c5cc6oc7ccccc7c6cc54)cc3)=NC(c3cccc(-c4ccccc4)c3)N2)cc1. The van der Waals surface area contributed by atoms with Crippen LogP contribution in [-0.4, -0.2) is 16.2 Å². The first-order valence-electron chi connectivity index (χ1n) is 16.9. The van der Waals surface area contributed by atoms with Gasteiger partial charge in [-0.15, -0.1) is 0 Å². The molecule has 236 valence electrons. The molecule has 0 fully saturated rings. The number of aliphatic imine (C=N–C) groups is 2. The summed E-state index contributed by atoms with van der Waals surface area (Å²) in [4.78, 5) is 10.2. The Bertz CT molecular complexity index is 2770. The molecule has 1 atom stereocenters. The van der Waals surface area contributed by atoms with Crippen LogP contribution in [0.4, 0.5) is 0 Å². The maximum Gasteiger partial charge on any atom is 0.159 e. The maximum atomic E-state index is 6.28. The van der Waals surface area contributed by atoms with Crippen molar-refractivity contribution in [2.45, 2.75) is 6.17 Å². The van der Waals surface area contributed by atoms with E-state index in [2.05, 4.69) is 143 Å². The summed E-state index contributed by atoms with van der Waals surface area (Å²) in [6, 6.07) is 59.2. The Morgan fingerprint density at radius 2 is 1.18 bits per heavy atom. The predicted octanol–water partition coefficient (Wildman–Crippen LogP) is 10.8. The van der Waals surface area contributed by atoms with Gasteiger partial charge in [0.2, 0.25) is 0 Å². The Kier molecular flexibility index (Phi) is 6.49. The van der Waals surface area contributed by atoms with E-state index < -0.39 is 0 Å². The highest BCUT2D eigenvalue weighted by atomic mass is 16.3. The minimum Gasteiger partial charge on any atom is -0.456 e. The first-order chi connectivity index (χ1) is 24.8. The molecule has 7 aromatic carbocycles. The summed E-state index contributed by atoms with van der Waals surface area (Å²) in [6.45, 7) is 0. The van der Waals surface area contributed by atoms with Crippen molar-refractivity contribution in [2.24, 2.45) is 9.98 Å². The number of hydrogen-bond acceptors (Lipinski definition) is 4. The molecule has 1 unspecified atom stereocenters. The third-order valence-corrected chi connectivity index (χ3v) is 9.65. The van der Waals surface area contributed by atoms with Crippen LogP contribution in [0.5, 0.6) is 0 Å². The lowest BCUT2D eigenvalue weighted by molar-refractivity contribution is 0.669. The van der Waals surface area contributed by atoms with E-state index in [1.807, 2.05) is 36.4 Å². The van der Waals surface area contributed by atoms with Crippen LogP contribution in [0.3, 0.4) is 0 Å². The number of amidine groups is 2. The van der Waals surface area contributed by atoms with Crippen molar-refractivity contribution in [2.75, 3.05) is 0 Å². The molecule has 5 nitrogen and oxygen atoms in total. The Labute approximate surface area is 288 Å². The van der Waals surface area contributed by atoms with Crippen molar-refractivity contribution in [1.29, 1.82) is 0 Å². The molecule has 9 aromatic rings. The summed E-state index contributed by atoms with van der Waals surface area (Å²) in [5.41, 5.74) is 10.5. The van der Waals surface area contributed by atoms with Gasteiger partial charge in [0.05, 0.1) is 11.0 Å². The van der Waals surface area contributed by atoms with Crippen molar-refractivity contribution in [3.05, 3.63) is 187 Å². The standard InChI is InChI=1S/C45H30N4O/c1-3-12-29(13-4-1)32-16-11-17-33(26-32)45-47-43(30-14-5-2-6-15-30)46-44(48-45)31-22-24-34(25-23-31)49-39-20-9-7-18-35(39)37-28-42-38(27-40(37)49)36-19-8-10-21-41(36)50-42/h1-28,45H,(H,46,47,48). The fraction of sp³-hybridized carbons (Fsp3) is 0.0222. The van der Waals surface area contributed by atoms with Crippen molar-refractivity contribution >= 4 is 55.4 Å². The van der Waals surface area contributed by atoms with Gasteiger partial charge in [-0.25, -0.2) is 9.98 Å². The van der Waals surface area contributed by atoms with E-state index in [1.165, 1.54) is 10.9 Å². The average molecular weight is 643 g/mol. The Balaban J connectivity index is 1.09. The molecule has 5 heteroatoms. The third-order valence-electron chi connectivity index (χ3n) is 9.65. The number of nitrogens with one attached hydrogen (secondary N) is 1. The Hall–Kier alpha value is -6.72. The molecular weight excluding hydrogens is 613 g/mol. The highest BCUT2D eigenvalue weighted by molar-refractivity contribution is 6.17. The molecule has 0 amide bonds. The van der Waals surface area contributed by atoms with E-state index in [-0.39, 0.29) is 6.17 Å². The Morgan fingerprint density at radius 1 is 0.480 bits per heavy atom. The number of benzene rings is 7. The second-order valence-corrected chi connectivity index (χ2v) is 12.7. The number of nitrogens with zero attached hydrogens (tertiary/aromatic N) is 3. The van der Waals surface area contributed by atoms with E-state index in [1.54, 1.807) is 0 Å². The van der Waals surface area contributed by atoms with Gasteiger partial charge in [-0.1, -0.05) is 115 Å². The van der Waals surface area contributed by atoms with Gasteiger partial charge in [0.15, 0.2) is 5.84 Å². The molecule has 0 radical (unpaired) electrons. The smallest absolute Gasteiger partial charge is 0.159 e. The normalized spacial score (nSPS) is 14.6. The number of rotatable bonds is 5. The summed E-state index contributed by atoms with van der Waals surface area (Å²) in [7, 11) is 0. The lowest BCUT2D eigenvalue weighted by Crippen LogP contribution is -2.33. The van der Waals surface area contributed by atoms with Crippen LogP contribution in [-0.2, 0) is 0 Å². The predicted molar refractivity (Wildman–Crippen MR) is 205 cm³/mol. The van der Waals surface area contributed by atoms with Gasteiger partial charge in [0, 0.05) is 38.4 Å². The number of fused-ring (bicyclic) bond motifs is 6. The molecule has 0 saturated carbocycles. The molecular formula is C45H30N4O. The topological polar surface area (TPSA) is 54.8 Å². The first-order valence-corrected chi connectivity index (χ1v) is 16.9. The second-order valence-electron chi connectivity index (χ2n) is 12.7. The van der Waals surface area contributed by atoms with Crippen LogP contribution in [0.25, 0.3) is 60.6 Å². The number of furan rings is 1. The summed E-state index contributed by atoms with van der Waals surface area (Å²) >= 11 is 0. The largest absolute Gasteiger partial charge is 0.456 e. The lowest BCUT2D eigenvalue weighted by atomic mass is 10.0. The van der Waals surface area contributed by atoms with Gasteiger partial charge >= 0.3 is 0 Å². The van der Waals surface area contributed by atoms with Gasteiger partial charge in [-0.05, 0) is 71.3 Å². The van der Waals surface area contributed by atoms with Gasteiger partial charge in [0.1, 0.15) is 23.2 Å². The van der Waals surface area contributed by atoms with Crippen LogP contribution in [0.1, 0.15) is 22.9 Å². The van der Waals surface area contributed by atoms with Crippen molar-refractivity contribution in [3.8, 4) is 16.8 Å². The zero-order valence-electron chi connectivity index (χ0n) is 27.0. The van der Waals surface area contributed by atoms with Crippen LogP contribution in [0.2, 0.25) is 0 Å². The molecule has 1 N–H and O–H groups in total. The van der Waals surface area contributed by atoms with E-state index >= 15 is 0 Å². The molecule has 1 aliphatic rings. The van der Waals surface area contributed by atoms with Gasteiger partial charge in [-0.2, -0.15) is 0 Å². The van der Waals surface area contributed by atoms with Gasteiger partial charge < -0.3 is 14.3 Å². The van der Waals surface area contributed by atoms with E-state index in [0.717, 1.165) is 72.1 Å². The second kappa shape index (κ2) is 11.5. The minimum atomic E-state index is -0.300. The maximum absolute atomic E-state index is 6.28. The zero-order valence-corrected chi connectivity index (χ0v) is 27.0. The molecule has 3 heterocycles. The molecule has 0 bridgehead atoms. The van der Waals surface area contributed by atoms with Crippen LogP contribution >= 0.6 is 0 Å². The van der Waals surface area contributed by atoms with Crippen LogP contribution in [0, 0.1) is 0 Å². The highest BCUT2D eigenvalue weighted by Crippen LogP contribution is 2.38. The zero-order chi connectivity index (χ0) is 33.0. The van der Waals surface area contributed by atoms with Gasteiger partial charge in [0.25, 0.3) is 0 Å². The minimum absolute atomic E-state index is 0.300. The first kappa shape index (κ1) is 28.3. The highest BCUT2D eigenvalue weighted by Gasteiger charge is 2.22. The van der Waals surface area contributed by atoms with Crippen molar-refractivity contribution in [1.82, 2.24) is 9.88 Å². The van der Waals surface area contributed by atoms with Crippen LogP contribution in [0.15, 0.2) is 184 Å². The number of hydrogen-bond donors (Lipinski definition) is 1. The Morgan fingerprint density at radius 3 is 2.00 bits per heavy atom. The molecule has 0 spiro atoms. The fourth-order valence-corrected chi connectivity index (χ4v) is 7.24. The number of aromatic nitrogens is 1. The summed E-state index contributed by atoms with van der Waals surface area (Å²) in [5.74, 6) is 1.49. The third kappa shape index (κ3) is 4.71. The number of para-hydroxylation sites is 2. The van der Waals surface area contributed by atoms with E-state index in [9.17, 15) is 0 Å². The van der Waals surface area contributed by atoms with E-state index in [0.29, 0.717) is 5.84 Å². The van der Waals surface area contributed by atoms with E-state index in [4.69, 9.17) is 14.4 Å². The monoisotopic (exact) mass is 642 g/mol. The molecule has 0 saturated heterocycles. The van der Waals surface area contributed by atoms with Gasteiger partial charge in [-0.3, -0.25) is 0 Å². The van der Waals surface area contributed by atoms with Crippen molar-refractivity contribution in [3.63, 3.8) is 0 Å². The summed E-state index contributed by atoms with van der Waals surface area (Å²) in [6.07, 6.45) is -0.300. The molecule has 10 rings (SSSR count).